The summed E-state index contributed by atoms with van der Waals surface area (Å²) >= 11 is 0. The summed E-state index contributed by atoms with van der Waals surface area (Å²) in [6.07, 6.45) is 2.21. The van der Waals surface area contributed by atoms with Gasteiger partial charge in [0.15, 0.2) is 0 Å². The molecule has 0 fully saturated rings. The molecule has 3 rings (SSSR count). The molecule has 2 amide bonds. The number of carbonyl (C=O) groups is 2. The van der Waals surface area contributed by atoms with Gasteiger partial charge in [0.1, 0.15) is 18.3 Å². The van der Waals surface area contributed by atoms with Gasteiger partial charge in [0.2, 0.25) is 21.8 Å². The lowest BCUT2D eigenvalue weighted by Gasteiger charge is -2.33. The SMILES string of the molecule is CC[C@@H](C)NC(=O)[C@@H](CC)N(Cc1ccc(OC)cc1)C(=O)CN(c1cccc2ccccc12)S(C)(=O)=O. The van der Waals surface area contributed by atoms with Gasteiger partial charge in [-0.25, -0.2) is 8.42 Å². The first-order chi connectivity index (χ1) is 18.1. The number of nitrogens with one attached hydrogen (secondary N) is 1. The monoisotopic (exact) mass is 539 g/mol. The first-order valence-corrected chi connectivity index (χ1v) is 14.6. The lowest BCUT2D eigenvalue weighted by molar-refractivity contribution is -0.140. The molecule has 0 unspecified atom stereocenters. The predicted molar refractivity (Wildman–Crippen MR) is 152 cm³/mol. The number of carbonyl (C=O) groups excluding carboxylic acids is 2. The molecule has 0 aliphatic carbocycles. The Bertz CT molecular complexity index is 1350. The van der Waals surface area contributed by atoms with E-state index in [2.05, 4.69) is 5.32 Å². The molecule has 3 aromatic carbocycles. The number of rotatable bonds is 12. The van der Waals surface area contributed by atoms with Gasteiger partial charge in [-0.15, -0.1) is 0 Å². The Labute approximate surface area is 225 Å². The van der Waals surface area contributed by atoms with Crippen molar-refractivity contribution < 1.29 is 22.7 Å². The van der Waals surface area contributed by atoms with Crippen LogP contribution in [0.15, 0.2) is 66.7 Å². The van der Waals surface area contributed by atoms with Crippen molar-refractivity contribution >= 4 is 38.3 Å². The maximum absolute atomic E-state index is 13.9. The standard InChI is InChI=1S/C29H37N3O5S/c1-6-21(3)30-29(34)26(7-2)31(19-22-15-17-24(37-4)18-16-22)28(33)20-32(38(5,35)36)27-14-10-12-23-11-8-9-13-25(23)27/h8-18,21,26H,6-7,19-20H2,1-5H3,(H,30,34)/t21-,26-/m1/s1. The quantitative estimate of drug-likeness (QED) is 0.370. The Hall–Kier alpha value is -3.59. The summed E-state index contributed by atoms with van der Waals surface area (Å²) in [4.78, 5) is 28.6. The van der Waals surface area contributed by atoms with E-state index >= 15 is 0 Å². The molecular weight excluding hydrogens is 502 g/mol. The van der Waals surface area contributed by atoms with Crippen molar-refractivity contribution in [3.63, 3.8) is 0 Å². The largest absolute Gasteiger partial charge is 0.497 e. The van der Waals surface area contributed by atoms with E-state index in [9.17, 15) is 18.0 Å². The maximum atomic E-state index is 13.9. The van der Waals surface area contributed by atoms with Crippen molar-refractivity contribution in [2.45, 2.75) is 52.2 Å². The van der Waals surface area contributed by atoms with Gasteiger partial charge in [-0.3, -0.25) is 13.9 Å². The number of anilines is 1. The van der Waals surface area contributed by atoms with Gasteiger partial charge in [-0.1, -0.05) is 62.4 Å². The Morgan fingerprint density at radius 1 is 0.947 bits per heavy atom. The third-order valence-electron chi connectivity index (χ3n) is 6.61. The molecule has 0 aromatic heterocycles. The van der Waals surface area contributed by atoms with Gasteiger partial charge in [-0.05, 0) is 48.9 Å². The highest BCUT2D eigenvalue weighted by Crippen LogP contribution is 2.29. The van der Waals surface area contributed by atoms with Crippen LogP contribution < -0.4 is 14.4 Å². The summed E-state index contributed by atoms with van der Waals surface area (Å²) in [7, 11) is -2.25. The number of nitrogens with zero attached hydrogens (tertiary/aromatic N) is 2. The lowest BCUT2D eigenvalue weighted by Crippen LogP contribution is -2.53. The highest BCUT2D eigenvalue weighted by Gasteiger charge is 2.32. The molecule has 0 spiro atoms. The minimum absolute atomic E-state index is 0.0577. The molecule has 0 bridgehead atoms. The van der Waals surface area contributed by atoms with Crippen LogP contribution in [-0.2, 0) is 26.2 Å². The molecular formula is C29H37N3O5S. The van der Waals surface area contributed by atoms with Gasteiger partial charge < -0.3 is 15.0 Å². The molecule has 1 N–H and O–H groups in total. The number of hydrogen-bond acceptors (Lipinski definition) is 5. The summed E-state index contributed by atoms with van der Waals surface area (Å²) in [6, 6.07) is 19.2. The molecule has 3 aromatic rings. The van der Waals surface area contributed by atoms with Crippen LogP contribution in [0.2, 0.25) is 0 Å². The summed E-state index contributed by atoms with van der Waals surface area (Å²) in [5.41, 5.74) is 1.21. The number of amides is 2. The van der Waals surface area contributed by atoms with Crippen LogP contribution in [0.3, 0.4) is 0 Å². The minimum atomic E-state index is -3.83. The maximum Gasteiger partial charge on any atom is 0.244 e. The molecule has 0 heterocycles. The number of benzene rings is 3. The van der Waals surface area contributed by atoms with E-state index in [1.807, 2.05) is 63.2 Å². The van der Waals surface area contributed by atoms with E-state index in [1.165, 1.54) is 4.90 Å². The molecule has 0 saturated carbocycles. The Balaban J connectivity index is 2.01. The summed E-state index contributed by atoms with van der Waals surface area (Å²) in [6.45, 7) is 5.43. The number of ether oxygens (including phenoxy) is 1. The van der Waals surface area contributed by atoms with Crippen molar-refractivity contribution in [2.75, 3.05) is 24.2 Å². The average Bonchev–Trinajstić information content (AvgIpc) is 2.90. The fraction of sp³-hybridized carbons (Fsp3) is 0.379. The molecule has 2 atom stereocenters. The second kappa shape index (κ2) is 12.8. The average molecular weight is 540 g/mol. The third kappa shape index (κ3) is 7.04. The smallest absolute Gasteiger partial charge is 0.244 e. The lowest BCUT2D eigenvalue weighted by atomic mass is 10.1. The zero-order chi connectivity index (χ0) is 27.9. The van der Waals surface area contributed by atoms with Crippen molar-refractivity contribution in [3.05, 3.63) is 72.3 Å². The number of hydrogen-bond donors (Lipinski definition) is 1. The summed E-state index contributed by atoms with van der Waals surface area (Å²) < 4.78 is 32.3. The van der Waals surface area contributed by atoms with Crippen LogP contribution in [0.4, 0.5) is 5.69 Å². The van der Waals surface area contributed by atoms with Crippen molar-refractivity contribution in [2.24, 2.45) is 0 Å². The Morgan fingerprint density at radius 2 is 1.61 bits per heavy atom. The Kier molecular flexibility index (Phi) is 9.74. The number of methoxy groups -OCH3 is 1. The molecule has 0 saturated heterocycles. The Morgan fingerprint density at radius 3 is 2.21 bits per heavy atom. The van der Waals surface area contributed by atoms with E-state index in [0.717, 1.165) is 33.3 Å². The zero-order valence-electron chi connectivity index (χ0n) is 22.7. The van der Waals surface area contributed by atoms with E-state index < -0.39 is 28.5 Å². The molecule has 38 heavy (non-hydrogen) atoms. The van der Waals surface area contributed by atoms with Gasteiger partial charge >= 0.3 is 0 Å². The van der Waals surface area contributed by atoms with E-state index in [1.54, 1.807) is 31.4 Å². The zero-order valence-corrected chi connectivity index (χ0v) is 23.5. The molecule has 9 heteroatoms. The second-order valence-electron chi connectivity index (χ2n) is 9.38. The van der Waals surface area contributed by atoms with E-state index in [4.69, 9.17) is 4.74 Å². The molecule has 0 aliphatic rings. The van der Waals surface area contributed by atoms with Gasteiger partial charge in [0.05, 0.1) is 19.1 Å². The van der Waals surface area contributed by atoms with Crippen molar-refractivity contribution in [3.8, 4) is 5.75 Å². The fourth-order valence-electron chi connectivity index (χ4n) is 4.31. The van der Waals surface area contributed by atoms with Crippen LogP contribution in [0.1, 0.15) is 39.2 Å². The molecule has 0 aliphatic heterocycles. The first-order valence-electron chi connectivity index (χ1n) is 12.8. The summed E-state index contributed by atoms with van der Waals surface area (Å²) in [5, 5.41) is 4.56. The first kappa shape index (κ1) is 29.0. The van der Waals surface area contributed by atoms with Crippen LogP contribution in [-0.4, -0.2) is 57.1 Å². The third-order valence-corrected chi connectivity index (χ3v) is 7.74. The molecule has 8 nitrogen and oxygen atoms in total. The van der Waals surface area contributed by atoms with Gasteiger partial charge in [0, 0.05) is 18.0 Å². The van der Waals surface area contributed by atoms with Gasteiger partial charge in [0.25, 0.3) is 0 Å². The van der Waals surface area contributed by atoms with Crippen molar-refractivity contribution in [1.82, 2.24) is 10.2 Å². The highest BCUT2D eigenvalue weighted by molar-refractivity contribution is 7.92. The van der Waals surface area contributed by atoms with Crippen LogP contribution in [0.25, 0.3) is 10.8 Å². The number of sulfonamides is 1. The highest BCUT2D eigenvalue weighted by atomic mass is 32.2. The predicted octanol–water partition coefficient (Wildman–Crippen LogP) is 4.34. The second-order valence-corrected chi connectivity index (χ2v) is 11.3. The normalized spacial score (nSPS) is 13.0. The van der Waals surface area contributed by atoms with Crippen LogP contribution >= 0.6 is 0 Å². The number of fused-ring (bicyclic) bond motifs is 1. The fourth-order valence-corrected chi connectivity index (χ4v) is 5.17. The minimum Gasteiger partial charge on any atom is -0.497 e. The van der Waals surface area contributed by atoms with Gasteiger partial charge in [-0.2, -0.15) is 0 Å². The molecule has 204 valence electrons. The van der Waals surface area contributed by atoms with Crippen LogP contribution in [0, 0.1) is 0 Å². The summed E-state index contributed by atoms with van der Waals surface area (Å²) in [5.74, 6) is -0.0579. The van der Waals surface area contributed by atoms with Crippen LogP contribution in [0.5, 0.6) is 5.75 Å². The van der Waals surface area contributed by atoms with E-state index in [-0.39, 0.29) is 18.5 Å². The molecule has 0 radical (unpaired) electrons. The van der Waals surface area contributed by atoms with E-state index in [0.29, 0.717) is 17.9 Å². The van der Waals surface area contributed by atoms with Crippen molar-refractivity contribution in [1.29, 1.82) is 0 Å². The topological polar surface area (TPSA) is 96.0 Å².